The molecule has 1 N–H and O–H groups in total. The van der Waals surface area contributed by atoms with Gasteiger partial charge in [-0.3, -0.25) is 14.3 Å². The number of ether oxygens (including phenoxy) is 1. The van der Waals surface area contributed by atoms with Crippen molar-refractivity contribution >= 4 is 11.7 Å². The number of ketones is 1. The molecule has 6 nitrogen and oxygen atoms in total. The Morgan fingerprint density at radius 1 is 1.27 bits per heavy atom. The Hall–Kier alpha value is -2.63. The molecule has 0 fully saturated rings. The van der Waals surface area contributed by atoms with Gasteiger partial charge in [0, 0.05) is 36.7 Å². The van der Waals surface area contributed by atoms with E-state index in [1.165, 1.54) is 5.69 Å². The van der Waals surface area contributed by atoms with Crippen LogP contribution in [0.2, 0.25) is 0 Å². The van der Waals surface area contributed by atoms with Crippen LogP contribution in [0.15, 0.2) is 30.5 Å². The number of amides is 1. The van der Waals surface area contributed by atoms with Crippen LogP contribution in [0, 0.1) is 0 Å². The minimum absolute atomic E-state index is 0.000489. The molecule has 0 aliphatic heterocycles. The van der Waals surface area contributed by atoms with Gasteiger partial charge in [0.2, 0.25) is 5.91 Å². The molecule has 1 aromatic heterocycles. The molecule has 26 heavy (non-hydrogen) atoms. The third-order valence-electron chi connectivity index (χ3n) is 4.78. The maximum absolute atomic E-state index is 12.3. The Kier molecular flexibility index (Phi) is 5.71. The lowest BCUT2D eigenvalue weighted by Gasteiger charge is -2.23. The van der Waals surface area contributed by atoms with Gasteiger partial charge in [0.25, 0.3) is 0 Å². The number of rotatable bonds is 7. The quantitative estimate of drug-likeness (QED) is 0.775. The first kappa shape index (κ1) is 18.2. The molecule has 0 saturated heterocycles. The number of carbonyl (C=O) groups excluding carboxylic acids is 2. The van der Waals surface area contributed by atoms with Crippen molar-refractivity contribution in [2.45, 2.75) is 45.1 Å². The van der Waals surface area contributed by atoms with E-state index in [0.717, 1.165) is 30.6 Å². The Bertz CT molecular complexity index is 780. The van der Waals surface area contributed by atoms with Gasteiger partial charge in [-0.25, -0.2) is 0 Å². The maximum Gasteiger partial charge on any atom is 0.220 e. The number of nitrogens with one attached hydrogen (secondary N) is 1. The topological polar surface area (TPSA) is 73.2 Å². The summed E-state index contributed by atoms with van der Waals surface area (Å²) in [5.41, 5.74) is 2.89. The number of benzene rings is 1. The SMILES string of the molecule is CCOc1ccc(C(=O)CCC(=O)NC2CCCc3c2cnn3C)cc1. The standard InChI is InChI=1S/C20H25N3O3/c1-3-26-15-9-7-14(8-10-15)19(24)11-12-20(25)22-17-5-4-6-18-16(17)13-21-23(18)2/h7-10,13,17H,3-6,11-12H2,1-2H3,(H,22,25). The van der Waals surface area contributed by atoms with Crippen LogP contribution in [-0.4, -0.2) is 28.1 Å². The van der Waals surface area contributed by atoms with E-state index in [-0.39, 0.29) is 30.6 Å². The summed E-state index contributed by atoms with van der Waals surface area (Å²) in [7, 11) is 1.93. The van der Waals surface area contributed by atoms with E-state index in [2.05, 4.69) is 10.4 Å². The third kappa shape index (κ3) is 4.12. The number of carbonyl (C=O) groups is 2. The molecule has 3 rings (SSSR count). The van der Waals surface area contributed by atoms with E-state index in [0.29, 0.717) is 12.2 Å². The molecule has 6 heteroatoms. The molecule has 0 bridgehead atoms. The molecular formula is C20H25N3O3. The summed E-state index contributed by atoms with van der Waals surface area (Å²) in [5.74, 6) is 0.617. The second-order valence-electron chi connectivity index (χ2n) is 6.56. The molecule has 0 radical (unpaired) electrons. The number of nitrogens with zero attached hydrogens (tertiary/aromatic N) is 2. The Balaban J connectivity index is 1.52. The largest absolute Gasteiger partial charge is 0.494 e. The molecular weight excluding hydrogens is 330 g/mol. The highest BCUT2D eigenvalue weighted by Gasteiger charge is 2.24. The molecule has 138 valence electrons. The van der Waals surface area contributed by atoms with Crippen LogP contribution in [0.1, 0.15) is 60.3 Å². The number of hydrogen-bond acceptors (Lipinski definition) is 4. The molecule has 1 aliphatic rings. The first-order chi connectivity index (χ1) is 12.6. The van der Waals surface area contributed by atoms with Crippen molar-refractivity contribution in [3.05, 3.63) is 47.3 Å². The zero-order valence-corrected chi connectivity index (χ0v) is 15.3. The maximum atomic E-state index is 12.3. The van der Waals surface area contributed by atoms with Crippen molar-refractivity contribution in [3.8, 4) is 5.75 Å². The molecule has 1 amide bonds. The Morgan fingerprint density at radius 2 is 2.04 bits per heavy atom. The van der Waals surface area contributed by atoms with Crippen molar-refractivity contribution in [2.75, 3.05) is 6.61 Å². The Labute approximate surface area is 153 Å². The van der Waals surface area contributed by atoms with Crippen molar-refractivity contribution in [2.24, 2.45) is 7.05 Å². The van der Waals surface area contributed by atoms with Crippen LogP contribution < -0.4 is 10.1 Å². The van der Waals surface area contributed by atoms with E-state index < -0.39 is 0 Å². The predicted octanol–water partition coefficient (Wildman–Crippen LogP) is 2.98. The van der Waals surface area contributed by atoms with Crippen molar-refractivity contribution < 1.29 is 14.3 Å². The fourth-order valence-corrected chi connectivity index (χ4v) is 3.40. The summed E-state index contributed by atoms with van der Waals surface area (Å²) >= 11 is 0. The number of hydrogen-bond donors (Lipinski definition) is 1. The van der Waals surface area contributed by atoms with E-state index in [1.807, 2.05) is 24.9 Å². The molecule has 1 atom stereocenters. The summed E-state index contributed by atoms with van der Waals surface area (Å²) in [4.78, 5) is 24.6. The smallest absolute Gasteiger partial charge is 0.220 e. The molecule has 1 heterocycles. The highest BCUT2D eigenvalue weighted by atomic mass is 16.5. The lowest BCUT2D eigenvalue weighted by molar-refractivity contribution is -0.121. The van der Waals surface area contributed by atoms with Gasteiger partial charge in [0.05, 0.1) is 18.8 Å². The zero-order valence-electron chi connectivity index (χ0n) is 15.3. The Morgan fingerprint density at radius 3 is 2.77 bits per heavy atom. The van der Waals surface area contributed by atoms with Crippen molar-refractivity contribution in [1.29, 1.82) is 0 Å². The lowest BCUT2D eigenvalue weighted by Crippen LogP contribution is -2.31. The first-order valence-corrected chi connectivity index (χ1v) is 9.14. The van der Waals surface area contributed by atoms with E-state index >= 15 is 0 Å². The average Bonchev–Trinajstić information content (AvgIpc) is 3.03. The molecule has 1 aliphatic carbocycles. The normalized spacial score (nSPS) is 16.0. The highest BCUT2D eigenvalue weighted by Crippen LogP contribution is 2.29. The van der Waals surface area contributed by atoms with E-state index in [4.69, 9.17) is 4.74 Å². The van der Waals surface area contributed by atoms with E-state index in [1.54, 1.807) is 24.3 Å². The lowest BCUT2D eigenvalue weighted by atomic mass is 9.93. The second kappa shape index (κ2) is 8.17. The summed E-state index contributed by atoms with van der Waals surface area (Å²) in [5, 5.41) is 7.35. The number of fused-ring (bicyclic) bond motifs is 1. The number of Topliss-reactive ketones (excluding diaryl/α,β-unsaturated/α-hetero) is 1. The van der Waals surface area contributed by atoms with Gasteiger partial charge >= 0.3 is 0 Å². The second-order valence-corrected chi connectivity index (χ2v) is 6.56. The summed E-state index contributed by atoms with van der Waals surface area (Å²) < 4.78 is 7.25. The van der Waals surface area contributed by atoms with Gasteiger partial charge in [-0.15, -0.1) is 0 Å². The fraction of sp³-hybridized carbons (Fsp3) is 0.450. The average molecular weight is 355 g/mol. The minimum Gasteiger partial charge on any atom is -0.494 e. The van der Waals surface area contributed by atoms with Crippen LogP contribution in [0.25, 0.3) is 0 Å². The van der Waals surface area contributed by atoms with Gasteiger partial charge < -0.3 is 10.1 Å². The van der Waals surface area contributed by atoms with Gasteiger partial charge in [-0.2, -0.15) is 5.10 Å². The molecule has 1 unspecified atom stereocenters. The zero-order chi connectivity index (χ0) is 18.5. The van der Waals surface area contributed by atoms with Crippen LogP contribution in [-0.2, 0) is 18.3 Å². The van der Waals surface area contributed by atoms with E-state index in [9.17, 15) is 9.59 Å². The fourth-order valence-electron chi connectivity index (χ4n) is 3.40. The minimum atomic E-state index is -0.0917. The van der Waals surface area contributed by atoms with Gasteiger partial charge in [0.15, 0.2) is 5.78 Å². The van der Waals surface area contributed by atoms with Crippen molar-refractivity contribution in [3.63, 3.8) is 0 Å². The summed E-state index contributed by atoms with van der Waals surface area (Å²) in [6, 6.07) is 7.05. The number of aromatic nitrogens is 2. The van der Waals surface area contributed by atoms with Crippen LogP contribution >= 0.6 is 0 Å². The highest BCUT2D eigenvalue weighted by molar-refractivity contribution is 5.98. The number of aryl methyl sites for hydroxylation is 1. The molecule has 1 aromatic carbocycles. The van der Waals surface area contributed by atoms with Crippen LogP contribution in [0.3, 0.4) is 0 Å². The predicted molar refractivity (Wildman–Crippen MR) is 98.2 cm³/mol. The van der Waals surface area contributed by atoms with Crippen LogP contribution in [0.5, 0.6) is 5.75 Å². The molecule has 2 aromatic rings. The molecule has 0 saturated carbocycles. The van der Waals surface area contributed by atoms with Crippen molar-refractivity contribution in [1.82, 2.24) is 15.1 Å². The van der Waals surface area contributed by atoms with Crippen LogP contribution in [0.4, 0.5) is 0 Å². The summed E-state index contributed by atoms with van der Waals surface area (Å²) in [6.45, 7) is 2.51. The van der Waals surface area contributed by atoms with Gasteiger partial charge in [-0.1, -0.05) is 0 Å². The van der Waals surface area contributed by atoms with Gasteiger partial charge in [-0.05, 0) is 50.5 Å². The molecule has 0 spiro atoms. The first-order valence-electron chi connectivity index (χ1n) is 9.14. The summed E-state index contributed by atoms with van der Waals surface area (Å²) in [6.07, 6.45) is 5.17. The van der Waals surface area contributed by atoms with Gasteiger partial charge in [0.1, 0.15) is 5.75 Å². The third-order valence-corrected chi connectivity index (χ3v) is 4.78. The monoisotopic (exact) mass is 355 g/mol.